The summed E-state index contributed by atoms with van der Waals surface area (Å²) in [4.78, 5) is 27.5. The normalized spacial score (nSPS) is 12.8. The number of carbonyl (C=O) groups is 2. The maximum atomic E-state index is 15.1. The molecule has 0 aliphatic carbocycles. The van der Waals surface area contributed by atoms with E-state index < -0.39 is 63.0 Å². The number of carboxylic acid groups (broad SMARTS) is 1. The molecule has 17 heteroatoms. The molecule has 3 N–H and O–H groups in total. The number of anilines is 1. The van der Waals surface area contributed by atoms with Gasteiger partial charge in [-0.15, -0.1) is 13.2 Å². The van der Waals surface area contributed by atoms with Crippen molar-refractivity contribution >= 4 is 27.8 Å². The van der Waals surface area contributed by atoms with Crippen LogP contribution in [0.2, 0.25) is 0 Å². The fourth-order valence-electron chi connectivity index (χ4n) is 3.93. The summed E-state index contributed by atoms with van der Waals surface area (Å²) < 4.78 is 93.7. The molecule has 1 unspecified atom stereocenters. The maximum absolute atomic E-state index is 15.1. The third-order valence-electron chi connectivity index (χ3n) is 5.88. The van der Waals surface area contributed by atoms with Crippen LogP contribution in [0.1, 0.15) is 26.3 Å². The van der Waals surface area contributed by atoms with Crippen LogP contribution in [-0.2, 0) is 26.0 Å². The molecule has 0 fully saturated rings. The molecule has 0 aliphatic rings. The first-order valence-corrected chi connectivity index (χ1v) is 14.7. The number of nitrogens with zero attached hydrogens (tertiary/aromatic N) is 2. The van der Waals surface area contributed by atoms with Gasteiger partial charge in [-0.2, -0.15) is 9.71 Å². The van der Waals surface area contributed by atoms with Gasteiger partial charge in [0.1, 0.15) is 23.2 Å². The highest BCUT2D eigenvalue weighted by Crippen LogP contribution is 2.27. The Balaban J connectivity index is 1.44. The quantitative estimate of drug-likeness (QED) is 0.177. The van der Waals surface area contributed by atoms with Gasteiger partial charge in [-0.05, 0) is 93.4 Å². The summed E-state index contributed by atoms with van der Waals surface area (Å²) in [7, 11) is -4.51. The van der Waals surface area contributed by atoms with Gasteiger partial charge in [0, 0.05) is 11.3 Å². The Morgan fingerprint density at radius 3 is 2.22 bits per heavy atom. The third-order valence-corrected chi connectivity index (χ3v) is 7.37. The minimum atomic E-state index is -4.99. The van der Waals surface area contributed by atoms with Gasteiger partial charge < -0.3 is 19.1 Å². The van der Waals surface area contributed by atoms with Crippen LogP contribution in [0.5, 0.6) is 5.75 Å². The highest BCUT2D eigenvalue weighted by molar-refractivity contribution is 7.89. The summed E-state index contributed by atoms with van der Waals surface area (Å²) in [6, 6.07) is 11.3. The summed E-state index contributed by atoms with van der Waals surface area (Å²) in [5.41, 5.74) is 0.237. The Labute approximate surface area is 259 Å². The Kier molecular flexibility index (Phi) is 9.67. The Bertz CT molecular complexity index is 1820. The van der Waals surface area contributed by atoms with Gasteiger partial charge in [-0.1, -0.05) is 11.2 Å². The molecule has 0 bridgehead atoms. The number of ether oxygens (including phenoxy) is 2. The van der Waals surface area contributed by atoms with Crippen LogP contribution < -0.4 is 14.8 Å². The number of alkyl halides is 3. The second-order valence-electron chi connectivity index (χ2n) is 10.7. The van der Waals surface area contributed by atoms with E-state index in [2.05, 4.69) is 20.2 Å². The van der Waals surface area contributed by atoms with Crippen molar-refractivity contribution in [3.05, 3.63) is 78.1 Å². The van der Waals surface area contributed by atoms with Crippen LogP contribution in [0.3, 0.4) is 0 Å². The van der Waals surface area contributed by atoms with Crippen molar-refractivity contribution in [2.24, 2.45) is 0 Å². The molecule has 0 spiro atoms. The molecule has 12 nitrogen and oxygen atoms in total. The zero-order chi connectivity index (χ0) is 33.9. The fourth-order valence-corrected chi connectivity index (χ4v) is 5.11. The van der Waals surface area contributed by atoms with Crippen molar-refractivity contribution in [2.75, 3.05) is 5.32 Å². The fraction of sp³-hybridized carbons (Fsp3) is 0.241. The molecule has 1 heterocycles. The smallest absolute Gasteiger partial charge is 0.480 e. The first-order chi connectivity index (χ1) is 21.4. The van der Waals surface area contributed by atoms with Gasteiger partial charge in [0.2, 0.25) is 15.8 Å². The number of halogens is 4. The predicted molar refractivity (Wildman–Crippen MR) is 154 cm³/mol. The molecule has 1 atom stereocenters. The number of benzene rings is 3. The van der Waals surface area contributed by atoms with Crippen LogP contribution in [-0.4, -0.2) is 53.7 Å². The topological polar surface area (TPSA) is 170 Å². The van der Waals surface area contributed by atoms with Crippen molar-refractivity contribution in [3.8, 4) is 28.6 Å². The Morgan fingerprint density at radius 1 is 1.00 bits per heavy atom. The number of sulfonamides is 1. The van der Waals surface area contributed by atoms with E-state index in [1.807, 2.05) is 4.72 Å². The summed E-state index contributed by atoms with van der Waals surface area (Å²) in [6.07, 6.45) is -6.11. The molecule has 1 aromatic heterocycles. The van der Waals surface area contributed by atoms with Crippen LogP contribution >= 0.6 is 0 Å². The van der Waals surface area contributed by atoms with Crippen molar-refractivity contribution in [3.63, 3.8) is 0 Å². The largest absolute Gasteiger partial charge is 0.573 e. The van der Waals surface area contributed by atoms with Crippen LogP contribution in [0.15, 0.2) is 76.1 Å². The monoisotopic (exact) mass is 666 g/mol. The molecule has 0 aliphatic heterocycles. The minimum absolute atomic E-state index is 0.0423. The summed E-state index contributed by atoms with van der Waals surface area (Å²) >= 11 is 0. The second-order valence-corrected chi connectivity index (χ2v) is 12.4. The average molecular weight is 667 g/mol. The zero-order valence-corrected chi connectivity index (χ0v) is 25.1. The number of hydrogen-bond donors (Lipinski definition) is 3. The molecule has 0 saturated heterocycles. The number of carboxylic acids is 1. The third kappa shape index (κ3) is 9.24. The maximum Gasteiger partial charge on any atom is 0.573 e. The molecular formula is C29H26F4N4O8S. The highest BCUT2D eigenvalue weighted by Gasteiger charge is 2.32. The first kappa shape index (κ1) is 33.9. The summed E-state index contributed by atoms with van der Waals surface area (Å²) in [5.74, 6) is -3.19. The van der Waals surface area contributed by atoms with E-state index in [9.17, 15) is 36.3 Å². The Hall–Kier alpha value is -5.03. The molecule has 0 saturated carbocycles. The van der Waals surface area contributed by atoms with Crippen molar-refractivity contribution in [2.45, 2.75) is 50.1 Å². The molecule has 4 rings (SSSR count). The SMILES string of the molecule is CC(C)(C)OC(=O)Nc1ccc(-c2nc(-c3ccc(CC(NS(=O)(=O)c4ccc(OC(F)(F)F)cc4)C(=O)O)cc3F)no2)cc1. The lowest BCUT2D eigenvalue weighted by atomic mass is 10.0. The number of rotatable bonds is 10. The number of aliphatic carboxylic acids is 1. The lowest BCUT2D eigenvalue weighted by molar-refractivity contribution is -0.274. The number of aromatic nitrogens is 2. The van der Waals surface area contributed by atoms with Gasteiger partial charge in [-0.3, -0.25) is 10.1 Å². The predicted octanol–water partition coefficient (Wildman–Crippen LogP) is 5.76. The lowest BCUT2D eigenvalue weighted by Gasteiger charge is -2.19. The highest BCUT2D eigenvalue weighted by atomic mass is 32.2. The molecule has 46 heavy (non-hydrogen) atoms. The van der Waals surface area contributed by atoms with Gasteiger partial charge >= 0.3 is 18.4 Å². The van der Waals surface area contributed by atoms with E-state index >= 15 is 4.39 Å². The van der Waals surface area contributed by atoms with Gasteiger partial charge in [0.05, 0.1) is 10.5 Å². The number of amides is 1. The summed E-state index contributed by atoms with van der Waals surface area (Å²) in [6.45, 7) is 5.18. The zero-order valence-electron chi connectivity index (χ0n) is 24.3. The minimum Gasteiger partial charge on any atom is -0.480 e. The van der Waals surface area contributed by atoms with Gasteiger partial charge in [-0.25, -0.2) is 17.6 Å². The van der Waals surface area contributed by atoms with Crippen LogP contribution in [0, 0.1) is 5.82 Å². The van der Waals surface area contributed by atoms with E-state index in [0.29, 0.717) is 11.3 Å². The van der Waals surface area contributed by atoms with Crippen molar-refractivity contribution in [1.29, 1.82) is 0 Å². The van der Waals surface area contributed by atoms with Crippen molar-refractivity contribution in [1.82, 2.24) is 14.9 Å². The molecule has 244 valence electrons. The van der Waals surface area contributed by atoms with E-state index in [1.165, 1.54) is 12.1 Å². The number of hydrogen-bond acceptors (Lipinski definition) is 9. The van der Waals surface area contributed by atoms with Crippen molar-refractivity contribution < 1.29 is 54.7 Å². The lowest BCUT2D eigenvalue weighted by Crippen LogP contribution is -2.42. The Morgan fingerprint density at radius 2 is 1.65 bits per heavy atom. The number of carbonyl (C=O) groups excluding carboxylic acids is 1. The summed E-state index contributed by atoms with van der Waals surface area (Å²) in [5, 5.41) is 16.0. The molecular weight excluding hydrogens is 640 g/mol. The van der Waals surface area contributed by atoms with E-state index in [-0.39, 0.29) is 22.8 Å². The van der Waals surface area contributed by atoms with Gasteiger partial charge in [0.15, 0.2) is 0 Å². The van der Waals surface area contributed by atoms with E-state index in [4.69, 9.17) is 9.26 Å². The standard InChI is InChI=1S/C29H26F4N4O8S/c1-28(2,3)44-27(40)34-18-7-5-17(6-8-18)25-35-24(36-45-25)21-13-4-16(14-22(21)30)15-23(26(38)39)37-46(41,42)20-11-9-19(10-12-20)43-29(31,32)33/h4-14,23,37H,15H2,1-3H3,(H,34,40)(H,38,39). The van der Waals surface area contributed by atoms with Crippen LogP contribution in [0.25, 0.3) is 22.8 Å². The molecule has 0 radical (unpaired) electrons. The molecule has 3 aromatic carbocycles. The van der Waals surface area contributed by atoms with Gasteiger partial charge in [0.25, 0.3) is 5.89 Å². The molecule has 1 amide bonds. The first-order valence-electron chi connectivity index (χ1n) is 13.2. The number of nitrogens with one attached hydrogen (secondary N) is 2. The average Bonchev–Trinajstić information content (AvgIpc) is 3.41. The second kappa shape index (κ2) is 13.1. The van der Waals surface area contributed by atoms with E-state index in [0.717, 1.165) is 30.3 Å². The van der Waals surface area contributed by atoms with E-state index in [1.54, 1.807) is 45.0 Å². The van der Waals surface area contributed by atoms with Crippen LogP contribution in [0.4, 0.5) is 28.0 Å². The molecule has 4 aromatic rings.